The Hall–Kier alpha value is -3.00. The number of nitrogens with zero attached hydrogens (tertiary/aromatic N) is 3. The summed E-state index contributed by atoms with van der Waals surface area (Å²) in [5, 5.41) is 12.8. The first kappa shape index (κ1) is 15.5. The van der Waals surface area contributed by atoms with E-state index >= 15 is 0 Å². The van der Waals surface area contributed by atoms with Gasteiger partial charge in [-0.1, -0.05) is 17.3 Å². The van der Waals surface area contributed by atoms with Gasteiger partial charge in [0.1, 0.15) is 0 Å². The second-order valence-electron chi connectivity index (χ2n) is 5.88. The van der Waals surface area contributed by atoms with E-state index in [0.717, 1.165) is 10.4 Å². The number of amides is 1. The summed E-state index contributed by atoms with van der Waals surface area (Å²) in [6.45, 7) is 3.83. The van der Waals surface area contributed by atoms with Gasteiger partial charge < -0.3 is 10.3 Å². The van der Waals surface area contributed by atoms with Crippen LogP contribution in [0.1, 0.15) is 33.9 Å². The second kappa shape index (κ2) is 5.82. The lowest BCUT2D eigenvalue weighted by Gasteiger charge is -2.10. The van der Waals surface area contributed by atoms with Gasteiger partial charge in [0.05, 0.1) is 17.1 Å². The van der Waals surface area contributed by atoms with Crippen LogP contribution in [0.4, 0.5) is 0 Å². The summed E-state index contributed by atoms with van der Waals surface area (Å²) in [4.78, 5) is 28.9. The van der Waals surface area contributed by atoms with Gasteiger partial charge in [-0.05, 0) is 43.0 Å². The molecule has 1 atom stereocenters. The highest BCUT2D eigenvalue weighted by atomic mass is 32.1. The van der Waals surface area contributed by atoms with Crippen LogP contribution < -0.4 is 10.9 Å². The van der Waals surface area contributed by atoms with Crippen molar-refractivity contribution >= 4 is 33.8 Å². The number of aromatic nitrogens is 4. The van der Waals surface area contributed by atoms with Gasteiger partial charge >= 0.3 is 0 Å². The monoisotopic (exact) mass is 353 g/mol. The zero-order valence-corrected chi connectivity index (χ0v) is 14.4. The summed E-state index contributed by atoms with van der Waals surface area (Å²) < 4.78 is 1.42. The van der Waals surface area contributed by atoms with Gasteiger partial charge in [-0.2, -0.15) is 0 Å². The van der Waals surface area contributed by atoms with Crippen molar-refractivity contribution < 1.29 is 4.79 Å². The summed E-state index contributed by atoms with van der Waals surface area (Å²) in [6, 6.07) is 9.32. The van der Waals surface area contributed by atoms with E-state index in [0.29, 0.717) is 11.0 Å². The van der Waals surface area contributed by atoms with E-state index in [9.17, 15) is 9.59 Å². The van der Waals surface area contributed by atoms with E-state index in [2.05, 4.69) is 20.6 Å². The highest BCUT2D eigenvalue weighted by molar-refractivity contribution is 7.10. The number of nitrogens with one attached hydrogen (secondary N) is 2. The summed E-state index contributed by atoms with van der Waals surface area (Å²) in [6.07, 6.45) is 0. The van der Waals surface area contributed by atoms with E-state index in [4.69, 9.17) is 0 Å². The minimum Gasteiger partial charge on any atom is -0.343 e. The standard InChI is InChI=1S/C17H15N5O2S/c1-9-5-6-12-11(8-9)19-17(24)15-14(20-21-22(12)15)16(23)18-10(2)13-4-3-7-25-13/h3-8,10H,1-2H3,(H,18,23)(H,19,24). The van der Waals surface area contributed by atoms with Crippen molar-refractivity contribution in [2.75, 3.05) is 0 Å². The second-order valence-corrected chi connectivity index (χ2v) is 6.86. The first-order chi connectivity index (χ1) is 12.0. The molecule has 3 heterocycles. The molecule has 2 N–H and O–H groups in total. The molecule has 0 aliphatic rings. The molecule has 8 heteroatoms. The lowest BCUT2D eigenvalue weighted by atomic mass is 10.2. The molecule has 4 rings (SSSR count). The van der Waals surface area contributed by atoms with Gasteiger partial charge in [-0.15, -0.1) is 16.4 Å². The van der Waals surface area contributed by atoms with Crippen molar-refractivity contribution in [3.8, 4) is 0 Å². The third-order valence-electron chi connectivity index (χ3n) is 4.05. The summed E-state index contributed by atoms with van der Waals surface area (Å²) in [7, 11) is 0. The Morgan fingerprint density at radius 3 is 2.96 bits per heavy atom. The molecule has 7 nitrogen and oxygen atoms in total. The molecule has 0 spiro atoms. The fourth-order valence-corrected chi connectivity index (χ4v) is 3.53. The van der Waals surface area contributed by atoms with E-state index in [1.54, 1.807) is 11.3 Å². The number of rotatable bonds is 3. The van der Waals surface area contributed by atoms with Crippen LogP contribution in [0, 0.1) is 6.92 Å². The summed E-state index contributed by atoms with van der Waals surface area (Å²) in [5.74, 6) is -0.423. The molecule has 1 unspecified atom stereocenters. The minimum absolute atomic E-state index is 0.0205. The average molecular weight is 353 g/mol. The van der Waals surface area contributed by atoms with Crippen LogP contribution in [0.2, 0.25) is 0 Å². The van der Waals surface area contributed by atoms with E-state index in [-0.39, 0.29) is 17.3 Å². The lowest BCUT2D eigenvalue weighted by Crippen LogP contribution is -2.27. The fourth-order valence-electron chi connectivity index (χ4n) is 2.80. The maximum atomic E-state index is 12.6. The van der Waals surface area contributed by atoms with Gasteiger partial charge in [-0.25, -0.2) is 4.52 Å². The number of thiophene rings is 1. The largest absolute Gasteiger partial charge is 0.343 e. The van der Waals surface area contributed by atoms with E-state index in [1.165, 1.54) is 4.52 Å². The van der Waals surface area contributed by atoms with E-state index in [1.807, 2.05) is 49.6 Å². The Balaban J connectivity index is 1.79. The van der Waals surface area contributed by atoms with Crippen molar-refractivity contribution in [2.45, 2.75) is 19.9 Å². The first-order valence-electron chi connectivity index (χ1n) is 7.77. The molecule has 126 valence electrons. The first-order valence-corrected chi connectivity index (χ1v) is 8.65. The normalized spacial score (nSPS) is 12.6. The maximum absolute atomic E-state index is 12.6. The number of aromatic amines is 1. The van der Waals surface area contributed by atoms with Crippen LogP contribution in [0.5, 0.6) is 0 Å². The van der Waals surface area contributed by atoms with E-state index < -0.39 is 11.5 Å². The molecule has 3 aromatic heterocycles. The zero-order chi connectivity index (χ0) is 17.6. The number of fused-ring (bicyclic) bond motifs is 3. The Labute approximate surface area is 146 Å². The number of hydrogen-bond donors (Lipinski definition) is 2. The van der Waals surface area contributed by atoms with Crippen LogP contribution in [0.3, 0.4) is 0 Å². The topological polar surface area (TPSA) is 92.1 Å². The smallest absolute Gasteiger partial charge is 0.277 e. The Morgan fingerprint density at radius 2 is 2.20 bits per heavy atom. The number of carbonyl (C=O) groups excluding carboxylic acids is 1. The SMILES string of the molecule is Cc1ccc2c(c1)[nH]c(=O)c1c(C(=O)NC(C)c3cccs3)nnn12. The van der Waals surface area contributed by atoms with Crippen LogP contribution in [0.25, 0.3) is 16.6 Å². The molecule has 1 amide bonds. The lowest BCUT2D eigenvalue weighted by molar-refractivity contribution is 0.0937. The molecular weight excluding hydrogens is 338 g/mol. The number of hydrogen-bond acceptors (Lipinski definition) is 5. The molecule has 0 saturated heterocycles. The van der Waals surface area contributed by atoms with Gasteiger partial charge in [-0.3, -0.25) is 9.59 Å². The molecule has 0 radical (unpaired) electrons. The molecule has 0 aliphatic carbocycles. The highest BCUT2D eigenvalue weighted by Gasteiger charge is 2.21. The zero-order valence-electron chi connectivity index (χ0n) is 13.6. The third kappa shape index (κ3) is 2.60. The van der Waals surface area contributed by atoms with Crippen LogP contribution in [0.15, 0.2) is 40.5 Å². The molecule has 0 fully saturated rings. The molecule has 4 aromatic rings. The molecule has 25 heavy (non-hydrogen) atoms. The summed E-state index contributed by atoms with van der Waals surface area (Å²) in [5.41, 5.74) is 2.14. The third-order valence-corrected chi connectivity index (χ3v) is 5.10. The molecule has 0 aliphatic heterocycles. The Bertz CT molecular complexity index is 1140. The minimum atomic E-state index is -0.423. The van der Waals surface area contributed by atoms with Crippen molar-refractivity contribution in [1.29, 1.82) is 0 Å². The van der Waals surface area contributed by atoms with Crippen LogP contribution in [-0.2, 0) is 0 Å². The van der Waals surface area contributed by atoms with Gasteiger partial charge in [0.25, 0.3) is 11.5 Å². The van der Waals surface area contributed by atoms with Gasteiger partial charge in [0, 0.05) is 4.88 Å². The number of carbonyl (C=O) groups is 1. The molecular formula is C17H15N5O2S. The molecule has 0 saturated carbocycles. The fraction of sp³-hybridized carbons (Fsp3) is 0.176. The van der Waals surface area contributed by atoms with Gasteiger partial charge in [0.2, 0.25) is 0 Å². The average Bonchev–Trinajstić information content (AvgIpc) is 3.24. The number of benzene rings is 1. The van der Waals surface area contributed by atoms with Crippen molar-refractivity contribution in [3.63, 3.8) is 0 Å². The van der Waals surface area contributed by atoms with Crippen LogP contribution in [-0.4, -0.2) is 25.7 Å². The van der Waals surface area contributed by atoms with Crippen molar-refractivity contribution in [3.05, 3.63) is 62.2 Å². The maximum Gasteiger partial charge on any atom is 0.277 e. The quantitative estimate of drug-likeness (QED) is 0.592. The Kier molecular flexibility index (Phi) is 3.61. The van der Waals surface area contributed by atoms with Gasteiger partial charge in [0.15, 0.2) is 11.2 Å². The predicted octanol–water partition coefficient (Wildman–Crippen LogP) is 2.43. The molecule has 1 aromatic carbocycles. The predicted molar refractivity (Wildman–Crippen MR) is 96.1 cm³/mol. The Morgan fingerprint density at radius 1 is 1.36 bits per heavy atom. The molecule has 0 bridgehead atoms. The van der Waals surface area contributed by atoms with Crippen molar-refractivity contribution in [1.82, 2.24) is 25.1 Å². The number of H-pyrrole nitrogens is 1. The summed E-state index contributed by atoms with van der Waals surface area (Å²) >= 11 is 1.56. The van der Waals surface area contributed by atoms with Crippen molar-refractivity contribution in [2.24, 2.45) is 0 Å². The highest BCUT2D eigenvalue weighted by Crippen LogP contribution is 2.19. The number of aryl methyl sites for hydroxylation is 1. The van der Waals surface area contributed by atoms with Crippen LogP contribution >= 0.6 is 11.3 Å².